The van der Waals surface area contributed by atoms with E-state index < -0.39 is 28.0 Å². The standard InChI is InChI=1S/C18H20N2O6/c1-10-9-11(3-4-12(10)20(24)25)19-15(22)13-14(16(19)23)18(7-8-21)6-5-17(13,2)26-18/h3-4,9,13-14,21H,5-8H2,1-2H3. The fourth-order valence-electron chi connectivity index (χ4n) is 5.04. The molecule has 4 rings (SSSR count). The van der Waals surface area contributed by atoms with Gasteiger partial charge in [-0.05, 0) is 38.8 Å². The summed E-state index contributed by atoms with van der Waals surface area (Å²) in [5, 5.41) is 20.5. The number of hydrogen-bond acceptors (Lipinski definition) is 6. The van der Waals surface area contributed by atoms with Crippen LogP contribution in [0, 0.1) is 28.9 Å². The molecule has 4 unspecified atom stereocenters. The van der Waals surface area contributed by atoms with E-state index in [0.29, 0.717) is 30.5 Å². The lowest BCUT2D eigenvalue weighted by atomic mass is 9.67. The number of benzene rings is 1. The van der Waals surface area contributed by atoms with Crippen LogP contribution in [-0.4, -0.2) is 39.7 Å². The van der Waals surface area contributed by atoms with Gasteiger partial charge in [0.15, 0.2) is 0 Å². The quantitative estimate of drug-likeness (QED) is 0.497. The molecule has 3 fully saturated rings. The average molecular weight is 360 g/mol. The maximum absolute atomic E-state index is 13.1. The van der Waals surface area contributed by atoms with Crippen molar-refractivity contribution in [1.29, 1.82) is 0 Å². The summed E-state index contributed by atoms with van der Waals surface area (Å²) < 4.78 is 6.14. The van der Waals surface area contributed by atoms with Gasteiger partial charge in [0.2, 0.25) is 11.8 Å². The molecule has 2 bridgehead atoms. The van der Waals surface area contributed by atoms with Gasteiger partial charge in [0.1, 0.15) is 0 Å². The van der Waals surface area contributed by atoms with Gasteiger partial charge in [0.05, 0.1) is 33.6 Å². The van der Waals surface area contributed by atoms with E-state index in [9.17, 15) is 24.8 Å². The van der Waals surface area contributed by atoms with Crippen LogP contribution >= 0.6 is 0 Å². The van der Waals surface area contributed by atoms with E-state index in [4.69, 9.17) is 4.74 Å². The smallest absolute Gasteiger partial charge is 0.272 e. The van der Waals surface area contributed by atoms with Gasteiger partial charge in [-0.15, -0.1) is 0 Å². The third-order valence-electron chi connectivity index (χ3n) is 6.18. The summed E-state index contributed by atoms with van der Waals surface area (Å²) in [6.07, 6.45) is 1.62. The zero-order chi connectivity index (χ0) is 18.9. The number of aliphatic hydroxyl groups excluding tert-OH is 1. The van der Waals surface area contributed by atoms with Gasteiger partial charge in [-0.1, -0.05) is 0 Å². The predicted octanol–water partition coefficient (Wildman–Crippen LogP) is 1.71. The predicted molar refractivity (Wildman–Crippen MR) is 90.5 cm³/mol. The Kier molecular flexibility index (Phi) is 3.51. The molecule has 1 aromatic carbocycles. The van der Waals surface area contributed by atoms with Gasteiger partial charge in [-0.3, -0.25) is 19.7 Å². The van der Waals surface area contributed by atoms with Crippen LogP contribution in [0.3, 0.4) is 0 Å². The minimum absolute atomic E-state index is 0.0554. The Morgan fingerprint density at radius 1 is 1.31 bits per heavy atom. The molecule has 4 atom stereocenters. The van der Waals surface area contributed by atoms with Crippen molar-refractivity contribution in [1.82, 2.24) is 0 Å². The van der Waals surface area contributed by atoms with E-state index in [1.54, 1.807) is 6.92 Å². The Morgan fingerprint density at radius 2 is 2.00 bits per heavy atom. The second kappa shape index (κ2) is 5.34. The second-order valence-corrected chi connectivity index (χ2v) is 7.65. The van der Waals surface area contributed by atoms with Crippen molar-refractivity contribution in [2.24, 2.45) is 11.8 Å². The van der Waals surface area contributed by atoms with Crippen molar-refractivity contribution in [2.75, 3.05) is 11.5 Å². The zero-order valence-electron chi connectivity index (χ0n) is 14.6. The van der Waals surface area contributed by atoms with E-state index in [-0.39, 0.29) is 24.1 Å². The van der Waals surface area contributed by atoms with Crippen LogP contribution in [0.2, 0.25) is 0 Å². The molecule has 3 aliphatic rings. The first kappa shape index (κ1) is 17.1. The number of nitro groups is 1. The molecule has 2 amide bonds. The molecule has 138 valence electrons. The lowest BCUT2D eigenvalue weighted by molar-refractivity contribution is -0.385. The maximum atomic E-state index is 13.1. The lowest BCUT2D eigenvalue weighted by Crippen LogP contribution is -2.42. The number of imide groups is 1. The molecule has 3 saturated heterocycles. The molecule has 0 radical (unpaired) electrons. The number of carbonyl (C=O) groups is 2. The third-order valence-corrected chi connectivity index (χ3v) is 6.18. The van der Waals surface area contributed by atoms with Crippen LogP contribution in [0.15, 0.2) is 18.2 Å². The summed E-state index contributed by atoms with van der Waals surface area (Å²) >= 11 is 0. The number of amides is 2. The molecule has 0 spiro atoms. The first-order valence-corrected chi connectivity index (χ1v) is 8.68. The van der Waals surface area contributed by atoms with Crippen molar-refractivity contribution >= 4 is 23.2 Å². The molecule has 0 aromatic heterocycles. The highest BCUT2D eigenvalue weighted by atomic mass is 16.6. The van der Waals surface area contributed by atoms with E-state index in [2.05, 4.69) is 0 Å². The minimum Gasteiger partial charge on any atom is -0.396 e. The number of anilines is 1. The number of nitrogens with zero attached hydrogens (tertiary/aromatic N) is 2. The van der Waals surface area contributed by atoms with Crippen molar-refractivity contribution in [2.45, 2.75) is 44.3 Å². The fourth-order valence-corrected chi connectivity index (χ4v) is 5.04. The van der Waals surface area contributed by atoms with Crippen molar-refractivity contribution in [3.63, 3.8) is 0 Å². The highest BCUT2D eigenvalue weighted by molar-refractivity contribution is 6.23. The molecule has 3 aliphatic heterocycles. The van der Waals surface area contributed by atoms with Gasteiger partial charge in [-0.2, -0.15) is 0 Å². The Bertz CT molecular complexity index is 835. The molecule has 8 nitrogen and oxygen atoms in total. The third kappa shape index (κ3) is 2.02. The van der Waals surface area contributed by atoms with Gasteiger partial charge in [-0.25, -0.2) is 4.90 Å². The number of hydrogen-bond donors (Lipinski definition) is 1. The second-order valence-electron chi connectivity index (χ2n) is 7.65. The van der Waals surface area contributed by atoms with E-state index >= 15 is 0 Å². The number of aliphatic hydroxyl groups is 1. The fraction of sp³-hybridized carbons (Fsp3) is 0.556. The van der Waals surface area contributed by atoms with E-state index in [0.717, 1.165) is 4.90 Å². The van der Waals surface area contributed by atoms with E-state index in [1.807, 2.05) is 6.92 Å². The molecule has 0 aliphatic carbocycles. The molecule has 0 saturated carbocycles. The van der Waals surface area contributed by atoms with Crippen LogP contribution in [0.25, 0.3) is 0 Å². The number of nitro benzene ring substituents is 1. The Labute approximate surface area is 149 Å². The van der Waals surface area contributed by atoms with Gasteiger partial charge in [0, 0.05) is 24.7 Å². The first-order valence-electron chi connectivity index (χ1n) is 8.68. The van der Waals surface area contributed by atoms with Crippen LogP contribution in [0.1, 0.15) is 31.7 Å². The van der Waals surface area contributed by atoms with Crippen molar-refractivity contribution < 1.29 is 24.4 Å². The summed E-state index contributed by atoms with van der Waals surface area (Å²) in [4.78, 5) is 37.9. The zero-order valence-corrected chi connectivity index (χ0v) is 14.6. The summed E-state index contributed by atoms with van der Waals surface area (Å²) in [5.74, 6) is -1.86. The minimum atomic E-state index is -0.800. The number of ether oxygens (including phenoxy) is 1. The van der Waals surface area contributed by atoms with E-state index in [1.165, 1.54) is 18.2 Å². The molecule has 1 aromatic rings. The Morgan fingerprint density at radius 3 is 2.62 bits per heavy atom. The molecule has 1 N–H and O–H groups in total. The molecular weight excluding hydrogens is 340 g/mol. The Hall–Kier alpha value is -2.32. The van der Waals surface area contributed by atoms with Gasteiger partial charge < -0.3 is 9.84 Å². The average Bonchev–Trinajstić information content (AvgIpc) is 3.13. The molecular formula is C18H20N2O6. The molecule has 26 heavy (non-hydrogen) atoms. The number of fused-ring (bicyclic) bond motifs is 5. The summed E-state index contributed by atoms with van der Waals surface area (Å²) in [6.45, 7) is 3.32. The van der Waals surface area contributed by atoms with Crippen molar-refractivity contribution in [3.05, 3.63) is 33.9 Å². The maximum Gasteiger partial charge on any atom is 0.272 e. The lowest BCUT2D eigenvalue weighted by Gasteiger charge is -2.30. The topological polar surface area (TPSA) is 110 Å². The monoisotopic (exact) mass is 360 g/mol. The Balaban J connectivity index is 1.75. The number of aryl methyl sites for hydroxylation is 1. The van der Waals surface area contributed by atoms with Crippen LogP contribution in [0.4, 0.5) is 11.4 Å². The highest BCUT2D eigenvalue weighted by Gasteiger charge is 2.73. The van der Waals surface area contributed by atoms with Gasteiger partial charge in [0.25, 0.3) is 5.69 Å². The highest BCUT2D eigenvalue weighted by Crippen LogP contribution is 2.62. The van der Waals surface area contributed by atoms with Crippen LogP contribution in [0.5, 0.6) is 0 Å². The van der Waals surface area contributed by atoms with Crippen LogP contribution < -0.4 is 4.90 Å². The summed E-state index contributed by atoms with van der Waals surface area (Å²) in [6, 6.07) is 4.25. The number of rotatable bonds is 4. The van der Waals surface area contributed by atoms with Crippen molar-refractivity contribution in [3.8, 4) is 0 Å². The SMILES string of the molecule is Cc1cc(N2C(=O)C3C(C2=O)C2(CCO)CCC3(C)O2)ccc1[N+](=O)[O-]. The number of carbonyl (C=O) groups excluding carboxylic acids is 2. The molecule has 3 heterocycles. The van der Waals surface area contributed by atoms with Gasteiger partial charge >= 0.3 is 0 Å². The summed E-state index contributed by atoms with van der Waals surface area (Å²) in [5.41, 5.74) is -0.830. The first-order chi connectivity index (χ1) is 12.2. The summed E-state index contributed by atoms with van der Waals surface area (Å²) in [7, 11) is 0. The largest absolute Gasteiger partial charge is 0.396 e. The van der Waals surface area contributed by atoms with Crippen LogP contribution in [-0.2, 0) is 14.3 Å². The normalized spacial score (nSPS) is 35.3. The molecule has 8 heteroatoms.